The number of hydrogen-bond donors (Lipinski definition) is 0. The summed E-state index contributed by atoms with van der Waals surface area (Å²) in [6, 6.07) is 0. The Morgan fingerprint density at radius 3 is 2.55 bits per heavy atom. The molecule has 112 valence electrons. The third-order valence-corrected chi connectivity index (χ3v) is 7.27. The molecule has 3 aliphatic rings. The van der Waals surface area contributed by atoms with Crippen molar-refractivity contribution in [2.75, 3.05) is 0 Å². The van der Waals surface area contributed by atoms with Crippen LogP contribution in [0.25, 0.3) is 0 Å². The minimum atomic E-state index is -0.302. The molecule has 0 heterocycles. The quantitative estimate of drug-likeness (QED) is 0.554. The summed E-state index contributed by atoms with van der Waals surface area (Å²) in [7, 11) is 0. The average Bonchev–Trinajstić information content (AvgIpc) is 2.80. The molecule has 2 bridgehead atoms. The van der Waals surface area contributed by atoms with E-state index in [9.17, 15) is 4.79 Å². The van der Waals surface area contributed by atoms with Crippen LogP contribution >= 0.6 is 0 Å². The molecule has 1 spiro atoms. The fraction of sp³-hybridized carbons (Fsp3) is 0.833. The monoisotopic (exact) mass is 276 g/mol. The molecule has 3 aliphatic carbocycles. The smallest absolute Gasteiger partial charge is 0.330 e. The van der Waals surface area contributed by atoms with Gasteiger partial charge in [-0.2, -0.15) is 0 Å². The molecule has 0 amide bonds. The summed E-state index contributed by atoms with van der Waals surface area (Å²) in [5.41, 5.74) is 0.496. The van der Waals surface area contributed by atoms with Crippen LogP contribution in [0.1, 0.15) is 59.8 Å². The first-order valence-electron chi connectivity index (χ1n) is 8.12. The van der Waals surface area contributed by atoms with Crippen molar-refractivity contribution in [1.29, 1.82) is 0 Å². The van der Waals surface area contributed by atoms with Crippen LogP contribution in [0.15, 0.2) is 12.7 Å². The maximum atomic E-state index is 11.7. The van der Waals surface area contributed by atoms with Gasteiger partial charge in [0.1, 0.15) is 5.60 Å². The van der Waals surface area contributed by atoms with Crippen molar-refractivity contribution >= 4 is 5.97 Å². The summed E-state index contributed by atoms with van der Waals surface area (Å²) < 4.78 is 5.83. The summed E-state index contributed by atoms with van der Waals surface area (Å²) in [5.74, 6) is 1.86. The maximum absolute atomic E-state index is 11.7. The van der Waals surface area contributed by atoms with Gasteiger partial charge < -0.3 is 4.74 Å². The van der Waals surface area contributed by atoms with E-state index in [1.807, 2.05) is 0 Å². The molecule has 0 radical (unpaired) electrons. The van der Waals surface area contributed by atoms with Crippen LogP contribution in [0.3, 0.4) is 0 Å². The number of carbonyl (C=O) groups is 1. The summed E-state index contributed by atoms with van der Waals surface area (Å²) in [6.45, 7) is 13.0. The second kappa shape index (κ2) is 4.11. The summed E-state index contributed by atoms with van der Waals surface area (Å²) >= 11 is 0. The van der Waals surface area contributed by atoms with Gasteiger partial charge in [0.15, 0.2) is 0 Å². The number of hydrogen-bond acceptors (Lipinski definition) is 2. The van der Waals surface area contributed by atoms with E-state index in [0.717, 1.165) is 18.3 Å². The van der Waals surface area contributed by atoms with Gasteiger partial charge in [0, 0.05) is 12.0 Å². The Morgan fingerprint density at radius 1 is 1.20 bits per heavy atom. The Kier molecular flexibility index (Phi) is 2.91. The fourth-order valence-corrected chi connectivity index (χ4v) is 6.25. The number of esters is 1. The van der Waals surface area contributed by atoms with E-state index in [1.54, 1.807) is 0 Å². The molecule has 0 saturated heterocycles. The Bertz CT molecular complexity index is 452. The highest BCUT2D eigenvalue weighted by Gasteiger charge is 2.68. The zero-order chi connectivity index (χ0) is 14.8. The highest BCUT2D eigenvalue weighted by molar-refractivity contribution is 5.81. The fourth-order valence-electron chi connectivity index (χ4n) is 6.25. The third-order valence-electron chi connectivity index (χ3n) is 7.27. The van der Waals surface area contributed by atoms with Crippen LogP contribution < -0.4 is 0 Å². The van der Waals surface area contributed by atoms with E-state index in [2.05, 4.69) is 34.3 Å². The largest absolute Gasteiger partial charge is 0.456 e. The lowest BCUT2D eigenvalue weighted by Crippen LogP contribution is -2.47. The lowest BCUT2D eigenvalue weighted by atomic mass is 9.64. The Labute approximate surface area is 123 Å². The molecule has 20 heavy (non-hydrogen) atoms. The summed E-state index contributed by atoms with van der Waals surface area (Å²) in [4.78, 5) is 11.7. The van der Waals surface area contributed by atoms with Gasteiger partial charge >= 0.3 is 5.97 Å². The van der Waals surface area contributed by atoms with Gasteiger partial charge in [-0.25, -0.2) is 4.79 Å². The first-order valence-corrected chi connectivity index (χ1v) is 8.12. The molecule has 0 N–H and O–H groups in total. The Morgan fingerprint density at radius 2 is 1.90 bits per heavy atom. The molecule has 3 fully saturated rings. The maximum Gasteiger partial charge on any atom is 0.330 e. The van der Waals surface area contributed by atoms with Crippen LogP contribution in [0.5, 0.6) is 0 Å². The Balaban J connectivity index is 1.96. The van der Waals surface area contributed by atoms with E-state index in [0.29, 0.717) is 11.3 Å². The van der Waals surface area contributed by atoms with Crippen LogP contribution in [-0.2, 0) is 9.53 Å². The second-order valence-electron chi connectivity index (χ2n) is 8.28. The molecule has 3 rings (SSSR count). The molecule has 3 saturated carbocycles. The molecular weight excluding hydrogens is 248 g/mol. The highest BCUT2D eigenvalue weighted by atomic mass is 16.6. The third kappa shape index (κ3) is 1.60. The summed E-state index contributed by atoms with van der Waals surface area (Å²) in [6.07, 6.45) is 7.52. The lowest BCUT2D eigenvalue weighted by Gasteiger charge is -2.46. The van der Waals surface area contributed by atoms with Crippen molar-refractivity contribution in [2.45, 2.75) is 65.4 Å². The van der Waals surface area contributed by atoms with Gasteiger partial charge in [-0.15, -0.1) is 0 Å². The minimum Gasteiger partial charge on any atom is -0.456 e. The van der Waals surface area contributed by atoms with E-state index in [-0.39, 0.29) is 17.0 Å². The van der Waals surface area contributed by atoms with Crippen molar-refractivity contribution in [3.05, 3.63) is 12.7 Å². The molecule has 0 aliphatic heterocycles. The standard InChI is InChI=1S/C18H28O2/c1-6-15(19)20-17(5)9-10-18-11-14(17)16(3,4)13(18)8-7-12(18)2/h6,12-14H,1,7-11H2,2-5H3. The van der Waals surface area contributed by atoms with Crippen molar-refractivity contribution in [3.8, 4) is 0 Å². The number of ether oxygens (including phenoxy) is 1. The normalized spacial score (nSPS) is 48.7. The second-order valence-corrected chi connectivity index (χ2v) is 8.28. The molecular formula is C18H28O2. The molecule has 0 aromatic rings. The number of rotatable bonds is 2. The lowest BCUT2D eigenvalue weighted by molar-refractivity contribution is -0.167. The molecule has 0 aromatic heterocycles. The number of carbonyl (C=O) groups excluding carboxylic acids is 1. The molecule has 2 nitrogen and oxygen atoms in total. The van der Waals surface area contributed by atoms with Crippen molar-refractivity contribution < 1.29 is 9.53 Å². The first kappa shape index (κ1) is 14.2. The molecule has 0 aromatic carbocycles. The predicted molar refractivity (Wildman–Crippen MR) is 80.1 cm³/mol. The molecule has 5 atom stereocenters. The van der Waals surface area contributed by atoms with E-state index in [4.69, 9.17) is 4.74 Å². The zero-order valence-corrected chi connectivity index (χ0v) is 13.4. The van der Waals surface area contributed by atoms with Crippen molar-refractivity contribution in [3.63, 3.8) is 0 Å². The van der Waals surface area contributed by atoms with E-state index in [1.165, 1.54) is 31.8 Å². The van der Waals surface area contributed by atoms with Gasteiger partial charge in [-0.3, -0.25) is 0 Å². The van der Waals surface area contributed by atoms with E-state index >= 15 is 0 Å². The average molecular weight is 276 g/mol. The zero-order valence-electron chi connectivity index (χ0n) is 13.4. The topological polar surface area (TPSA) is 26.3 Å². The van der Waals surface area contributed by atoms with Crippen LogP contribution in [0.4, 0.5) is 0 Å². The highest BCUT2D eigenvalue weighted by Crippen LogP contribution is 2.73. The van der Waals surface area contributed by atoms with Gasteiger partial charge in [0.2, 0.25) is 0 Å². The number of fused-ring (bicyclic) bond motifs is 1. The SMILES string of the molecule is C=CC(=O)OC1(C)CCC23CC1C(C)(C)C2CCC3C. The van der Waals surface area contributed by atoms with E-state index < -0.39 is 0 Å². The van der Waals surface area contributed by atoms with Gasteiger partial charge in [0.25, 0.3) is 0 Å². The summed E-state index contributed by atoms with van der Waals surface area (Å²) in [5, 5.41) is 0. The Hall–Kier alpha value is -0.790. The van der Waals surface area contributed by atoms with Crippen molar-refractivity contribution in [1.82, 2.24) is 0 Å². The van der Waals surface area contributed by atoms with Crippen LogP contribution in [-0.4, -0.2) is 11.6 Å². The molecule has 2 heteroatoms. The van der Waals surface area contributed by atoms with Crippen LogP contribution in [0.2, 0.25) is 0 Å². The minimum absolute atomic E-state index is 0.260. The van der Waals surface area contributed by atoms with Crippen molar-refractivity contribution in [2.24, 2.45) is 28.6 Å². The molecule has 5 unspecified atom stereocenters. The van der Waals surface area contributed by atoms with Gasteiger partial charge in [-0.1, -0.05) is 27.4 Å². The van der Waals surface area contributed by atoms with Gasteiger partial charge in [-0.05, 0) is 61.7 Å². The van der Waals surface area contributed by atoms with Gasteiger partial charge in [0.05, 0.1) is 0 Å². The van der Waals surface area contributed by atoms with Crippen LogP contribution in [0, 0.1) is 28.6 Å². The first-order chi connectivity index (χ1) is 9.26. The predicted octanol–water partition coefficient (Wildman–Crippen LogP) is 4.35.